The minimum atomic E-state index is -0.240. The van der Waals surface area contributed by atoms with Gasteiger partial charge in [-0.05, 0) is 17.0 Å². The highest BCUT2D eigenvalue weighted by Crippen LogP contribution is 2.23. The van der Waals surface area contributed by atoms with Crippen molar-refractivity contribution in [2.45, 2.75) is 6.42 Å². The van der Waals surface area contributed by atoms with Crippen molar-refractivity contribution in [1.29, 1.82) is 0 Å². The summed E-state index contributed by atoms with van der Waals surface area (Å²) in [6.07, 6.45) is 0.285. The van der Waals surface area contributed by atoms with Crippen LogP contribution in [-0.4, -0.2) is 30.9 Å². The zero-order valence-corrected chi connectivity index (χ0v) is 12.7. The summed E-state index contributed by atoms with van der Waals surface area (Å²) in [6, 6.07) is 11.2. The van der Waals surface area contributed by atoms with Crippen LogP contribution in [0.5, 0.6) is 0 Å². The predicted molar refractivity (Wildman–Crippen MR) is 84.2 cm³/mol. The molecule has 0 radical (unpaired) electrons. The van der Waals surface area contributed by atoms with Crippen LogP contribution < -0.4 is 10.7 Å². The third-order valence-electron chi connectivity index (χ3n) is 2.70. The third-order valence-corrected chi connectivity index (χ3v) is 3.53. The molecule has 0 saturated carbocycles. The van der Waals surface area contributed by atoms with Gasteiger partial charge in [-0.3, -0.25) is 15.0 Å². The van der Waals surface area contributed by atoms with Gasteiger partial charge in [0.2, 0.25) is 5.91 Å². The van der Waals surface area contributed by atoms with Gasteiger partial charge < -0.3 is 5.32 Å². The number of thiophene rings is 1. The summed E-state index contributed by atoms with van der Waals surface area (Å²) in [6.45, 7) is 0. The predicted octanol–water partition coefficient (Wildman–Crippen LogP) is 2.14. The molecular formula is C15H17N3O2S. The lowest BCUT2D eigenvalue weighted by Gasteiger charge is -2.12. The average molecular weight is 303 g/mol. The minimum Gasteiger partial charge on any atom is -0.317 e. The molecule has 0 aliphatic carbocycles. The number of hydrogen-bond donors (Lipinski definition) is 2. The highest BCUT2D eigenvalue weighted by molar-refractivity contribution is 7.14. The lowest BCUT2D eigenvalue weighted by Crippen LogP contribution is -2.36. The molecule has 0 aliphatic rings. The van der Waals surface area contributed by atoms with E-state index < -0.39 is 0 Å². The van der Waals surface area contributed by atoms with E-state index in [1.165, 1.54) is 11.3 Å². The van der Waals surface area contributed by atoms with E-state index in [0.29, 0.717) is 10.6 Å². The molecule has 0 aliphatic heterocycles. The van der Waals surface area contributed by atoms with Crippen LogP contribution in [0.15, 0.2) is 41.8 Å². The molecule has 2 amide bonds. The van der Waals surface area contributed by atoms with E-state index in [1.807, 2.05) is 30.3 Å². The van der Waals surface area contributed by atoms with Crippen molar-refractivity contribution in [3.05, 3.63) is 52.9 Å². The van der Waals surface area contributed by atoms with Gasteiger partial charge in [-0.15, -0.1) is 11.3 Å². The van der Waals surface area contributed by atoms with Crippen LogP contribution in [0.2, 0.25) is 0 Å². The van der Waals surface area contributed by atoms with Crippen molar-refractivity contribution in [2.24, 2.45) is 0 Å². The molecule has 6 heteroatoms. The molecule has 2 rings (SSSR count). The second kappa shape index (κ2) is 7.01. The Morgan fingerprint density at radius 1 is 1.14 bits per heavy atom. The lowest BCUT2D eigenvalue weighted by atomic mass is 10.1. The Morgan fingerprint density at radius 3 is 2.52 bits per heavy atom. The summed E-state index contributed by atoms with van der Waals surface area (Å²) in [4.78, 5) is 24.0. The van der Waals surface area contributed by atoms with Crippen LogP contribution >= 0.6 is 11.3 Å². The van der Waals surface area contributed by atoms with Gasteiger partial charge in [0.25, 0.3) is 5.91 Å². The molecule has 5 nitrogen and oxygen atoms in total. The van der Waals surface area contributed by atoms with Crippen molar-refractivity contribution >= 4 is 28.2 Å². The van der Waals surface area contributed by atoms with Crippen molar-refractivity contribution in [2.75, 3.05) is 19.4 Å². The molecule has 0 spiro atoms. The Hall–Kier alpha value is -2.18. The summed E-state index contributed by atoms with van der Waals surface area (Å²) in [5, 5.41) is 6.70. The number of carbonyl (C=O) groups excluding carboxylic acids is 2. The monoisotopic (exact) mass is 303 g/mol. The molecule has 1 heterocycles. The molecular weight excluding hydrogens is 286 g/mol. The highest BCUT2D eigenvalue weighted by atomic mass is 32.1. The van der Waals surface area contributed by atoms with Crippen molar-refractivity contribution in [3.8, 4) is 0 Å². The number of nitrogens with one attached hydrogen (secondary N) is 2. The fourth-order valence-electron chi connectivity index (χ4n) is 1.80. The van der Waals surface area contributed by atoms with E-state index in [4.69, 9.17) is 0 Å². The first-order chi connectivity index (χ1) is 10.1. The van der Waals surface area contributed by atoms with E-state index >= 15 is 0 Å². The molecule has 2 N–H and O–H groups in total. The molecule has 2 aromatic rings. The Morgan fingerprint density at radius 2 is 1.86 bits per heavy atom. The molecule has 1 aromatic heterocycles. The fourth-order valence-corrected chi connectivity index (χ4v) is 2.60. The van der Waals surface area contributed by atoms with Crippen molar-refractivity contribution in [3.63, 3.8) is 0 Å². The number of rotatable bonds is 5. The van der Waals surface area contributed by atoms with Gasteiger partial charge in [0, 0.05) is 14.1 Å². The van der Waals surface area contributed by atoms with Gasteiger partial charge in [-0.1, -0.05) is 30.3 Å². The van der Waals surface area contributed by atoms with E-state index in [1.54, 1.807) is 30.6 Å². The molecule has 110 valence electrons. The SMILES string of the molecule is CN(C)NC(=O)c1ccsc1NC(=O)Cc1ccccc1. The first-order valence-corrected chi connectivity index (χ1v) is 7.34. The van der Waals surface area contributed by atoms with Gasteiger partial charge in [-0.25, -0.2) is 5.01 Å². The standard InChI is InChI=1S/C15H17N3O2S/c1-18(2)17-14(20)12-8-9-21-15(12)16-13(19)10-11-6-4-3-5-7-11/h3-9H,10H2,1-2H3,(H,16,19)(H,17,20). The van der Waals surface area contributed by atoms with Crippen LogP contribution in [0, 0.1) is 0 Å². The molecule has 0 unspecified atom stereocenters. The van der Waals surface area contributed by atoms with Gasteiger partial charge in [-0.2, -0.15) is 0 Å². The van der Waals surface area contributed by atoms with Crippen LogP contribution in [0.4, 0.5) is 5.00 Å². The van der Waals surface area contributed by atoms with E-state index in [2.05, 4.69) is 10.7 Å². The summed E-state index contributed by atoms with van der Waals surface area (Å²) in [7, 11) is 3.47. The Balaban J connectivity index is 2.02. The fraction of sp³-hybridized carbons (Fsp3) is 0.200. The highest BCUT2D eigenvalue weighted by Gasteiger charge is 2.15. The van der Waals surface area contributed by atoms with E-state index in [0.717, 1.165) is 5.56 Å². The van der Waals surface area contributed by atoms with Crippen molar-refractivity contribution < 1.29 is 9.59 Å². The maximum Gasteiger partial charge on any atom is 0.268 e. The van der Waals surface area contributed by atoms with Crippen molar-refractivity contribution in [1.82, 2.24) is 10.4 Å². The number of carbonyl (C=O) groups is 2. The van der Waals surface area contributed by atoms with Gasteiger partial charge in [0.15, 0.2) is 0 Å². The topological polar surface area (TPSA) is 61.4 Å². The first kappa shape index (κ1) is 15.2. The smallest absolute Gasteiger partial charge is 0.268 e. The normalized spacial score (nSPS) is 10.4. The molecule has 0 saturated heterocycles. The zero-order chi connectivity index (χ0) is 15.2. The largest absolute Gasteiger partial charge is 0.317 e. The van der Waals surface area contributed by atoms with Crippen LogP contribution in [-0.2, 0) is 11.2 Å². The lowest BCUT2D eigenvalue weighted by molar-refractivity contribution is -0.115. The maximum atomic E-state index is 12.0. The van der Waals surface area contributed by atoms with Crippen LogP contribution in [0.1, 0.15) is 15.9 Å². The van der Waals surface area contributed by atoms with Gasteiger partial charge >= 0.3 is 0 Å². The maximum absolute atomic E-state index is 12.0. The number of nitrogens with zero attached hydrogens (tertiary/aromatic N) is 1. The third kappa shape index (κ3) is 4.40. The molecule has 1 aromatic carbocycles. The van der Waals surface area contributed by atoms with E-state index in [-0.39, 0.29) is 18.2 Å². The number of hydrogen-bond acceptors (Lipinski definition) is 4. The second-order valence-corrected chi connectivity index (χ2v) is 5.63. The zero-order valence-electron chi connectivity index (χ0n) is 11.9. The second-order valence-electron chi connectivity index (χ2n) is 4.71. The number of hydrazine groups is 1. The number of benzene rings is 1. The number of anilines is 1. The molecule has 0 atom stereocenters. The first-order valence-electron chi connectivity index (χ1n) is 6.46. The Kier molecular flexibility index (Phi) is 5.08. The molecule has 0 fully saturated rings. The molecule has 21 heavy (non-hydrogen) atoms. The average Bonchev–Trinajstić information content (AvgIpc) is 2.87. The van der Waals surface area contributed by atoms with Gasteiger partial charge in [0.05, 0.1) is 12.0 Å². The summed E-state index contributed by atoms with van der Waals surface area (Å²) in [5.74, 6) is -0.376. The summed E-state index contributed by atoms with van der Waals surface area (Å²) >= 11 is 1.33. The Labute approximate surface area is 127 Å². The molecule has 0 bridgehead atoms. The van der Waals surface area contributed by atoms with Gasteiger partial charge in [0.1, 0.15) is 5.00 Å². The summed E-state index contributed by atoms with van der Waals surface area (Å²) < 4.78 is 0. The van der Waals surface area contributed by atoms with E-state index in [9.17, 15) is 9.59 Å². The number of amides is 2. The summed E-state index contributed by atoms with van der Waals surface area (Å²) in [5.41, 5.74) is 4.06. The van der Waals surface area contributed by atoms with Crippen LogP contribution in [0.3, 0.4) is 0 Å². The quantitative estimate of drug-likeness (QED) is 0.832. The Bertz CT molecular complexity index is 623. The minimum absolute atomic E-state index is 0.137. The van der Waals surface area contributed by atoms with Crippen LogP contribution in [0.25, 0.3) is 0 Å².